The van der Waals surface area contributed by atoms with Crippen LogP contribution in [-0.4, -0.2) is 74.1 Å². The maximum atomic E-state index is 11.7. The monoisotopic (exact) mass is 255 g/mol. The van der Waals surface area contributed by atoms with Gasteiger partial charge < -0.3 is 15.0 Å². The third kappa shape index (κ3) is 3.43. The zero-order valence-corrected chi connectivity index (χ0v) is 10.9. The molecule has 0 unspecified atom stereocenters. The Morgan fingerprint density at radius 3 is 2.56 bits per heavy atom. The van der Waals surface area contributed by atoms with E-state index in [0.29, 0.717) is 19.6 Å². The molecule has 2 aliphatic rings. The Labute approximate surface area is 107 Å². The van der Waals surface area contributed by atoms with E-state index >= 15 is 0 Å². The van der Waals surface area contributed by atoms with Crippen LogP contribution in [0.2, 0.25) is 0 Å². The molecule has 2 amide bonds. The van der Waals surface area contributed by atoms with Crippen LogP contribution >= 0.6 is 0 Å². The molecule has 1 N–H and O–H groups in total. The van der Waals surface area contributed by atoms with Gasteiger partial charge in [-0.3, -0.25) is 14.5 Å². The van der Waals surface area contributed by atoms with Crippen LogP contribution in [0.1, 0.15) is 6.92 Å². The summed E-state index contributed by atoms with van der Waals surface area (Å²) in [4.78, 5) is 26.7. The van der Waals surface area contributed by atoms with E-state index in [1.165, 1.54) is 6.92 Å². The van der Waals surface area contributed by atoms with Gasteiger partial charge in [-0.2, -0.15) is 0 Å². The Balaban J connectivity index is 1.57. The minimum Gasteiger partial charge on any atom is -0.379 e. The Hall–Kier alpha value is -1.14. The molecule has 6 nitrogen and oxygen atoms in total. The zero-order chi connectivity index (χ0) is 13.0. The topological polar surface area (TPSA) is 61.9 Å². The lowest BCUT2D eigenvalue weighted by atomic mass is 9.99. The van der Waals surface area contributed by atoms with Crippen molar-refractivity contribution in [1.29, 1.82) is 0 Å². The number of hydrogen-bond donors (Lipinski definition) is 1. The number of morpholine rings is 1. The second-order valence-corrected chi connectivity index (χ2v) is 4.87. The van der Waals surface area contributed by atoms with Crippen molar-refractivity contribution in [1.82, 2.24) is 15.1 Å². The number of nitrogens with one attached hydrogen (secondary N) is 1. The van der Waals surface area contributed by atoms with Crippen molar-refractivity contribution in [2.45, 2.75) is 6.92 Å². The molecule has 6 heteroatoms. The molecule has 2 saturated heterocycles. The van der Waals surface area contributed by atoms with Crippen LogP contribution in [0.3, 0.4) is 0 Å². The van der Waals surface area contributed by atoms with Gasteiger partial charge in [0.05, 0.1) is 19.1 Å². The molecular formula is C12H21N3O3. The van der Waals surface area contributed by atoms with Gasteiger partial charge in [0.25, 0.3) is 0 Å². The molecule has 2 heterocycles. The van der Waals surface area contributed by atoms with Crippen molar-refractivity contribution in [3.05, 3.63) is 0 Å². The molecule has 0 aromatic carbocycles. The van der Waals surface area contributed by atoms with E-state index in [1.807, 2.05) is 0 Å². The molecule has 0 saturated carbocycles. The fourth-order valence-corrected chi connectivity index (χ4v) is 2.21. The summed E-state index contributed by atoms with van der Waals surface area (Å²) in [6.45, 7) is 7.67. The fraction of sp³-hybridized carbons (Fsp3) is 0.833. The van der Waals surface area contributed by atoms with Gasteiger partial charge in [0.2, 0.25) is 11.8 Å². The number of likely N-dealkylation sites (tertiary alicyclic amines) is 1. The Kier molecular flexibility index (Phi) is 4.54. The van der Waals surface area contributed by atoms with Crippen molar-refractivity contribution >= 4 is 11.8 Å². The fourth-order valence-electron chi connectivity index (χ4n) is 2.21. The number of carbonyl (C=O) groups is 2. The maximum Gasteiger partial charge on any atom is 0.226 e. The zero-order valence-electron chi connectivity index (χ0n) is 10.9. The van der Waals surface area contributed by atoms with E-state index in [1.54, 1.807) is 4.90 Å². The van der Waals surface area contributed by atoms with Crippen molar-refractivity contribution in [3.8, 4) is 0 Å². The first kappa shape index (κ1) is 13.3. The lowest BCUT2D eigenvalue weighted by Gasteiger charge is -2.37. The summed E-state index contributed by atoms with van der Waals surface area (Å²) in [5, 5.41) is 2.93. The van der Waals surface area contributed by atoms with E-state index in [2.05, 4.69) is 10.2 Å². The molecule has 2 rings (SSSR count). The summed E-state index contributed by atoms with van der Waals surface area (Å²) >= 11 is 0. The number of amides is 2. The van der Waals surface area contributed by atoms with Gasteiger partial charge >= 0.3 is 0 Å². The first-order chi connectivity index (χ1) is 8.66. The van der Waals surface area contributed by atoms with Gasteiger partial charge in [0.1, 0.15) is 0 Å². The first-order valence-electron chi connectivity index (χ1n) is 6.50. The van der Waals surface area contributed by atoms with Crippen LogP contribution in [0, 0.1) is 5.92 Å². The summed E-state index contributed by atoms with van der Waals surface area (Å²) < 4.78 is 5.26. The van der Waals surface area contributed by atoms with Crippen LogP contribution in [0.5, 0.6) is 0 Å². The van der Waals surface area contributed by atoms with Crippen LogP contribution in [0.25, 0.3) is 0 Å². The molecule has 2 aliphatic heterocycles. The lowest BCUT2D eigenvalue weighted by Crippen LogP contribution is -2.55. The predicted molar refractivity (Wildman–Crippen MR) is 66.0 cm³/mol. The second kappa shape index (κ2) is 6.15. The molecule has 18 heavy (non-hydrogen) atoms. The van der Waals surface area contributed by atoms with Crippen molar-refractivity contribution < 1.29 is 14.3 Å². The Morgan fingerprint density at radius 2 is 1.94 bits per heavy atom. The summed E-state index contributed by atoms with van der Waals surface area (Å²) in [5.41, 5.74) is 0. The molecule has 102 valence electrons. The quantitative estimate of drug-likeness (QED) is 0.693. The number of rotatable bonds is 4. The summed E-state index contributed by atoms with van der Waals surface area (Å²) in [6, 6.07) is 0. The van der Waals surface area contributed by atoms with Gasteiger partial charge in [-0.1, -0.05) is 0 Å². The highest BCUT2D eigenvalue weighted by Gasteiger charge is 2.33. The molecule has 0 aromatic rings. The van der Waals surface area contributed by atoms with E-state index < -0.39 is 0 Å². The molecule has 0 radical (unpaired) electrons. The average molecular weight is 255 g/mol. The van der Waals surface area contributed by atoms with Gasteiger partial charge in [-0.15, -0.1) is 0 Å². The van der Waals surface area contributed by atoms with Gasteiger partial charge in [0.15, 0.2) is 0 Å². The van der Waals surface area contributed by atoms with Crippen LogP contribution in [0.15, 0.2) is 0 Å². The molecular weight excluding hydrogens is 234 g/mol. The normalized spacial score (nSPS) is 21.5. The first-order valence-corrected chi connectivity index (χ1v) is 6.50. The summed E-state index contributed by atoms with van der Waals surface area (Å²) in [5.74, 6) is 0.103. The van der Waals surface area contributed by atoms with Crippen molar-refractivity contribution in [2.24, 2.45) is 5.92 Å². The van der Waals surface area contributed by atoms with E-state index in [4.69, 9.17) is 4.74 Å². The summed E-state index contributed by atoms with van der Waals surface area (Å²) in [6.07, 6.45) is 0. The average Bonchev–Trinajstić information content (AvgIpc) is 2.28. The van der Waals surface area contributed by atoms with Crippen molar-refractivity contribution in [2.75, 3.05) is 52.5 Å². The highest BCUT2D eigenvalue weighted by atomic mass is 16.5. The lowest BCUT2D eigenvalue weighted by molar-refractivity contribution is -0.141. The van der Waals surface area contributed by atoms with E-state index in [-0.39, 0.29) is 17.7 Å². The highest BCUT2D eigenvalue weighted by Crippen LogP contribution is 2.15. The van der Waals surface area contributed by atoms with Gasteiger partial charge in [0, 0.05) is 46.2 Å². The minimum absolute atomic E-state index is 0.0152. The predicted octanol–water partition coefficient (Wildman–Crippen LogP) is -1.09. The van der Waals surface area contributed by atoms with E-state index in [0.717, 1.165) is 32.8 Å². The van der Waals surface area contributed by atoms with Crippen molar-refractivity contribution in [3.63, 3.8) is 0 Å². The van der Waals surface area contributed by atoms with Gasteiger partial charge in [-0.25, -0.2) is 0 Å². The molecule has 0 atom stereocenters. The number of nitrogens with zero attached hydrogens (tertiary/aromatic N) is 2. The Morgan fingerprint density at radius 1 is 1.28 bits per heavy atom. The molecule has 0 spiro atoms. The number of hydrogen-bond acceptors (Lipinski definition) is 4. The molecule has 0 bridgehead atoms. The third-order valence-corrected chi connectivity index (χ3v) is 3.53. The maximum absolute atomic E-state index is 11.7. The van der Waals surface area contributed by atoms with E-state index in [9.17, 15) is 9.59 Å². The minimum atomic E-state index is -0.0152. The standard InChI is InChI=1S/C12H21N3O3/c1-10(16)15-8-11(9-15)12(17)13-2-3-14-4-6-18-7-5-14/h11H,2-9H2,1H3,(H,13,17). The molecule has 0 aliphatic carbocycles. The number of carbonyl (C=O) groups excluding carboxylic acids is 2. The van der Waals surface area contributed by atoms with Crippen LogP contribution < -0.4 is 5.32 Å². The Bertz CT molecular complexity index is 310. The highest BCUT2D eigenvalue weighted by molar-refractivity contribution is 5.83. The third-order valence-electron chi connectivity index (χ3n) is 3.53. The van der Waals surface area contributed by atoms with Crippen LogP contribution in [-0.2, 0) is 14.3 Å². The van der Waals surface area contributed by atoms with Gasteiger partial charge in [-0.05, 0) is 0 Å². The molecule has 2 fully saturated rings. The smallest absolute Gasteiger partial charge is 0.226 e. The second-order valence-electron chi connectivity index (χ2n) is 4.87. The van der Waals surface area contributed by atoms with Crippen LogP contribution in [0.4, 0.5) is 0 Å². The largest absolute Gasteiger partial charge is 0.379 e. The molecule has 0 aromatic heterocycles. The summed E-state index contributed by atoms with van der Waals surface area (Å²) in [7, 11) is 0. The SMILES string of the molecule is CC(=O)N1CC(C(=O)NCCN2CCOCC2)C1. The number of ether oxygens (including phenoxy) is 1.